The minimum atomic E-state index is -0.811. The molecule has 6 heteroatoms. The second kappa shape index (κ2) is 8.12. The third-order valence-electron chi connectivity index (χ3n) is 3.23. The fraction of sp³-hybridized carbons (Fsp3) is 0.786. The number of nitrogens with one attached hydrogen (secondary N) is 1. The SMILES string of the molecule is CCc1nn(CC)c(CC(C)(O)CNCCOC)c1Br. The molecule has 116 valence electrons. The maximum atomic E-state index is 10.5. The summed E-state index contributed by atoms with van der Waals surface area (Å²) in [5.74, 6) is 0. The molecule has 1 aromatic heterocycles. The summed E-state index contributed by atoms with van der Waals surface area (Å²) < 4.78 is 7.97. The molecule has 0 aliphatic carbocycles. The van der Waals surface area contributed by atoms with Crippen LogP contribution in [0.25, 0.3) is 0 Å². The van der Waals surface area contributed by atoms with Gasteiger partial charge in [-0.1, -0.05) is 6.92 Å². The predicted octanol–water partition coefficient (Wildman–Crippen LogP) is 1.76. The van der Waals surface area contributed by atoms with E-state index in [9.17, 15) is 5.11 Å². The molecule has 0 bridgehead atoms. The van der Waals surface area contributed by atoms with Gasteiger partial charge in [0.1, 0.15) is 0 Å². The molecule has 0 fully saturated rings. The van der Waals surface area contributed by atoms with Gasteiger partial charge in [-0.3, -0.25) is 4.68 Å². The fourth-order valence-corrected chi connectivity index (χ4v) is 2.85. The van der Waals surface area contributed by atoms with E-state index < -0.39 is 5.60 Å². The van der Waals surface area contributed by atoms with Crippen LogP contribution in [0.2, 0.25) is 0 Å². The number of hydrogen-bond donors (Lipinski definition) is 2. The van der Waals surface area contributed by atoms with Crippen molar-refractivity contribution in [2.75, 3.05) is 26.8 Å². The van der Waals surface area contributed by atoms with Gasteiger partial charge in [-0.05, 0) is 36.2 Å². The molecule has 0 radical (unpaired) electrons. The molecule has 1 rings (SSSR count). The standard InChI is InChI=1S/C14H26BrN3O2/c1-5-11-13(15)12(18(6-2)17-11)9-14(3,19)10-16-7-8-20-4/h16,19H,5-10H2,1-4H3. The molecule has 1 unspecified atom stereocenters. The first-order chi connectivity index (χ1) is 9.45. The van der Waals surface area contributed by atoms with Crippen molar-refractivity contribution in [3.8, 4) is 0 Å². The Kier molecular flexibility index (Phi) is 7.15. The lowest BCUT2D eigenvalue weighted by Crippen LogP contribution is -2.41. The molecular weight excluding hydrogens is 322 g/mol. The number of methoxy groups -OCH3 is 1. The molecule has 0 aliphatic heterocycles. The smallest absolute Gasteiger partial charge is 0.0799 e. The molecule has 2 N–H and O–H groups in total. The Hall–Kier alpha value is -0.430. The van der Waals surface area contributed by atoms with Crippen molar-refractivity contribution in [3.05, 3.63) is 15.9 Å². The van der Waals surface area contributed by atoms with Gasteiger partial charge >= 0.3 is 0 Å². The van der Waals surface area contributed by atoms with Gasteiger partial charge in [-0.15, -0.1) is 0 Å². The number of aromatic nitrogens is 2. The normalized spacial score (nSPS) is 14.5. The Bertz CT molecular complexity index is 419. The zero-order chi connectivity index (χ0) is 15.2. The van der Waals surface area contributed by atoms with E-state index in [1.807, 2.05) is 11.6 Å². The Morgan fingerprint density at radius 1 is 1.45 bits per heavy atom. The fourth-order valence-electron chi connectivity index (χ4n) is 2.14. The van der Waals surface area contributed by atoms with E-state index in [4.69, 9.17) is 4.74 Å². The average Bonchev–Trinajstić information content (AvgIpc) is 2.71. The third-order valence-corrected chi connectivity index (χ3v) is 4.15. The van der Waals surface area contributed by atoms with E-state index in [-0.39, 0.29) is 0 Å². The van der Waals surface area contributed by atoms with Gasteiger partial charge in [0.2, 0.25) is 0 Å². The molecule has 0 aromatic carbocycles. The lowest BCUT2D eigenvalue weighted by Gasteiger charge is -2.24. The quantitative estimate of drug-likeness (QED) is 0.668. The predicted molar refractivity (Wildman–Crippen MR) is 84.1 cm³/mol. The summed E-state index contributed by atoms with van der Waals surface area (Å²) in [7, 11) is 1.67. The number of ether oxygens (including phenoxy) is 1. The first kappa shape index (κ1) is 17.6. The van der Waals surface area contributed by atoms with Crippen molar-refractivity contribution >= 4 is 15.9 Å². The number of aliphatic hydroxyl groups is 1. The van der Waals surface area contributed by atoms with E-state index in [1.54, 1.807) is 7.11 Å². The highest BCUT2D eigenvalue weighted by Gasteiger charge is 2.25. The number of aryl methyl sites for hydroxylation is 2. The Morgan fingerprint density at radius 3 is 2.70 bits per heavy atom. The van der Waals surface area contributed by atoms with Crippen LogP contribution in [-0.2, 0) is 24.1 Å². The van der Waals surface area contributed by atoms with Gasteiger partial charge < -0.3 is 15.2 Å². The van der Waals surface area contributed by atoms with Crippen molar-refractivity contribution in [2.45, 2.75) is 45.8 Å². The molecule has 0 amide bonds. The molecule has 1 aromatic rings. The number of nitrogens with zero attached hydrogens (tertiary/aromatic N) is 2. The lowest BCUT2D eigenvalue weighted by molar-refractivity contribution is 0.0559. The second-order valence-corrected chi connectivity index (χ2v) is 6.01. The van der Waals surface area contributed by atoms with E-state index in [2.05, 4.69) is 40.2 Å². The van der Waals surface area contributed by atoms with Crippen molar-refractivity contribution in [1.29, 1.82) is 0 Å². The maximum Gasteiger partial charge on any atom is 0.0799 e. The molecule has 20 heavy (non-hydrogen) atoms. The molecule has 5 nitrogen and oxygen atoms in total. The zero-order valence-electron chi connectivity index (χ0n) is 12.9. The highest BCUT2D eigenvalue weighted by Crippen LogP contribution is 2.25. The van der Waals surface area contributed by atoms with Gasteiger partial charge in [0.05, 0.1) is 28.1 Å². The second-order valence-electron chi connectivity index (χ2n) is 5.22. The van der Waals surface area contributed by atoms with Crippen molar-refractivity contribution in [3.63, 3.8) is 0 Å². The van der Waals surface area contributed by atoms with Crippen LogP contribution in [0, 0.1) is 0 Å². The molecule has 0 saturated heterocycles. The molecule has 0 spiro atoms. The van der Waals surface area contributed by atoms with Gasteiger partial charge in [-0.2, -0.15) is 5.10 Å². The minimum absolute atomic E-state index is 0.527. The van der Waals surface area contributed by atoms with Crippen LogP contribution < -0.4 is 5.32 Å². The van der Waals surface area contributed by atoms with Crippen LogP contribution in [0.4, 0.5) is 0 Å². The molecule has 1 atom stereocenters. The largest absolute Gasteiger partial charge is 0.388 e. The summed E-state index contributed by atoms with van der Waals surface area (Å²) in [6.07, 6.45) is 1.45. The molecule has 0 saturated carbocycles. The van der Waals surface area contributed by atoms with Crippen LogP contribution in [0.3, 0.4) is 0 Å². The summed E-state index contributed by atoms with van der Waals surface area (Å²) in [5, 5.41) is 18.3. The molecular formula is C14H26BrN3O2. The summed E-state index contributed by atoms with van der Waals surface area (Å²) in [6, 6.07) is 0. The maximum absolute atomic E-state index is 10.5. The van der Waals surface area contributed by atoms with Gasteiger partial charge in [0.15, 0.2) is 0 Å². The van der Waals surface area contributed by atoms with E-state index in [0.717, 1.165) is 35.4 Å². The van der Waals surface area contributed by atoms with Gasteiger partial charge in [0.25, 0.3) is 0 Å². The number of rotatable bonds is 9. The van der Waals surface area contributed by atoms with Crippen molar-refractivity contribution in [2.24, 2.45) is 0 Å². The summed E-state index contributed by atoms with van der Waals surface area (Å²) in [5.41, 5.74) is 1.29. The van der Waals surface area contributed by atoms with Crippen LogP contribution in [-0.4, -0.2) is 47.3 Å². The van der Waals surface area contributed by atoms with Crippen LogP contribution in [0.15, 0.2) is 4.47 Å². The zero-order valence-corrected chi connectivity index (χ0v) is 14.5. The molecule has 0 aliphatic rings. The summed E-state index contributed by atoms with van der Waals surface area (Å²) in [4.78, 5) is 0. The third kappa shape index (κ3) is 4.84. The Balaban J connectivity index is 2.72. The topological polar surface area (TPSA) is 59.3 Å². The highest BCUT2D eigenvalue weighted by atomic mass is 79.9. The van der Waals surface area contributed by atoms with E-state index >= 15 is 0 Å². The van der Waals surface area contributed by atoms with Crippen LogP contribution in [0.5, 0.6) is 0 Å². The first-order valence-corrected chi connectivity index (χ1v) is 7.90. The monoisotopic (exact) mass is 347 g/mol. The lowest BCUT2D eigenvalue weighted by atomic mass is 9.99. The minimum Gasteiger partial charge on any atom is -0.388 e. The average molecular weight is 348 g/mol. The Labute approximate surface area is 129 Å². The highest BCUT2D eigenvalue weighted by molar-refractivity contribution is 9.10. The van der Waals surface area contributed by atoms with E-state index in [0.29, 0.717) is 19.6 Å². The number of halogens is 1. The molecule has 1 heterocycles. The van der Waals surface area contributed by atoms with Crippen LogP contribution >= 0.6 is 15.9 Å². The van der Waals surface area contributed by atoms with E-state index in [1.165, 1.54) is 0 Å². The Morgan fingerprint density at radius 2 is 2.15 bits per heavy atom. The summed E-state index contributed by atoms with van der Waals surface area (Å²) >= 11 is 3.61. The van der Waals surface area contributed by atoms with Gasteiger partial charge in [0, 0.05) is 33.2 Å². The van der Waals surface area contributed by atoms with Crippen LogP contribution in [0.1, 0.15) is 32.2 Å². The van der Waals surface area contributed by atoms with Crippen molar-refractivity contribution < 1.29 is 9.84 Å². The van der Waals surface area contributed by atoms with Crippen molar-refractivity contribution in [1.82, 2.24) is 15.1 Å². The number of hydrogen-bond acceptors (Lipinski definition) is 4. The first-order valence-electron chi connectivity index (χ1n) is 7.11. The summed E-state index contributed by atoms with van der Waals surface area (Å²) in [6.45, 7) is 8.71. The van der Waals surface area contributed by atoms with Gasteiger partial charge in [-0.25, -0.2) is 0 Å².